The summed E-state index contributed by atoms with van der Waals surface area (Å²) in [4.78, 5) is 6.98. The molecule has 0 aliphatic carbocycles. The van der Waals surface area contributed by atoms with Gasteiger partial charge in [-0.05, 0) is 6.07 Å². The topological polar surface area (TPSA) is 73.1 Å². The van der Waals surface area contributed by atoms with Crippen molar-refractivity contribution < 1.29 is 17.9 Å². The molecule has 0 saturated heterocycles. The molecule has 1 aliphatic rings. The fourth-order valence-electron chi connectivity index (χ4n) is 2.15. The molecule has 8 heteroatoms. The van der Waals surface area contributed by atoms with E-state index in [4.69, 9.17) is 10.5 Å². The van der Waals surface area contributed by atoms with Gasteiger partial charge in [0.05, 0.1) is 6.04 Å². The van der Waals surface area contributed by atoms with Crippen molar-refractivity contribution in [2.45, 2.75) is 12.2 Å². The van der Waals surface area contributed by atoms with Gasteiger partial charge >= 0.3 is 6.18 Å². The molecule has 5 nitrogen and oxygen atoms in total. The minimum absolute atomic E-state index is 0.0140. The molecule has 3 N–H and O–H groups in total. The maximum atomic E-state index is 12.7. The van der Waals surface area contributed by atoms with Gasteiger partial charge in [0.15, 0.2) is 5.69 Å². The quantitative estimate of drug-likeness (QED) is 0.891. The number of alkyl halides is 3. The van der Waals surface area contributed by atoms with E-state index in [0.717, 1.165) is 11.6 Å². The van der Waals surface area contributed by atoms with Crippen LogP contribution in [-0.2, 0) is 6.18 Å². The van der Waals surface area contributed by atoms with Crippen LogP contribution in [-0.4, -0.2) is 16.6 Å². The molecule has 21 heavy (non-hydrogen) atoms. The highest BCUT2D eigenvalue weighted by molar-refractivity contribution is 5.48. The Labute approximate surface area is 118 Å². The second-order valence-electron chi connectivity index (χ2n) is 4.54. The van der Waals surface area contributed by atoms with Crippen LogP contribution < -0.4 is 15.8 Å². The van der Waals surface area contributed by atoms with Crippen molar-refractivity contribution in [3.05, 3.63) is 41.6 Å². The van der Waals surface area contributed by atoms with E-state index in [0.29, 0.717) is 12.4 Å². The van der Waals surface area contributed by atoms with Gasteiger partial charge in [-0.3, -0.25) is 0 Å². The first-order chi connectivity index (χ1) is 9.93. The average molecular weight is 296 g/mol. The van der Waals surface area contributed by atoms with Gasteiger partial charge in [0.1, 0.15) is 18.2 Å². The fourth-order valence-corrected chi connectivity index (χ4v) is 2.15. The van der Waals surface area contributed by atoms with Crippen LogP contribution in [0.15, 0.2) is 30.3 Å². The van der Waals surface area contributed by atoms with Gasteiger partial charge in [0.25, 0.3) is 0 Å². The summed E-state index contributed by atoms with van der Waals surface area (Å²) in [5.74, 6) is 0.285. The maximum Gasteiger partial charge on any atom is 0.433 e. The lowest BCUT2D eigenvalue weighted by molar-refractivity contribution is -0.141. The van der Waals surface area contributed by atoms with Crippen molar-refractivity contribution >= 4 is 11.8 Å². The van der Waals surface area contributed by atoms with Crippen molar-refractivity contribution in [3.8, 4) is 5.75 Å². The number of nitrogens with one attached hydrogen (secondary N) is 1. The normalized spacial score (nSPS) is 17.2. The largest absolute Gasteiger partial charge is 0.491 e. The van der Waals surface area contributed by atoms with E-state index in [1.807, 2.05) is 18.2 Å². The standard InChI is InChI=1S/C13H11F3N4O/c14-13(15,16)10-5-11(20-12(17)19-10)18-8-6-21-9-4-2-1-3-7(8)9/h1-5,8H,6H2,(H3,17,18,19,20). The van der Waals surface area contributed by atoms with Crippen molar-refractivity contribution in [2.24, 2.45) is 0 Å². The summed E-state index contributed by atoms with van der Waals surface area (Å²) in [5.41, 5.74) is 5.12. The Morgan fingerprint density at radius 3 is 2.76 bits per heavy atom. The molecule has 1 atom stereocenters. The first kappa shape index (κ1) is 13.5. The highest BCUT2D eigenvalue weighted by atomic mass is 19.4. The number of anilines is 2. The lowest BCUT2D eigenvalue weighted by atomic mass is 10.1. The fraction of sp³-hybridized carbons (Fsp3) is 0.231. The summed E-state index contributed by atoms with van der Waals surface area (Å²) in [5, 5.41) is 2.89. The van der Waals surface area contributed by atoms with Gasteiger partial charge in [-0.15, -0.1) is 0 Å². The van der Waals surface area contributed by atoms with Gasteiger partial charge in [-0.25, -0.2) is 4.98 Å². The van der Waals surface area contributed by atoms with Gasteiger partial charge in [-0.1, -0.05) is 18.2 Å². The van der Waals surface area contributed by atoms with E-state index >= 15 is 0 Å². The molecule has 2 aromatic rings. The Kier molecular flexibility index (Phi) is 3.08. The number of para-hydroxylation sites is 1. The molecule has 1 aromatic heterocycles. The Hall–Kier alpha value is -2.51. The van der Waals surface area contributed by atoms with Gasteiger partial charge in [0, 0.05) is 11.6 Å². The van der Waals surface area contributed by atoms with Gasteiger partial charge in [-0.2, -0.15) is 18.2 Å². The predicted octanol–water partition coefficient (Wildman–Crippen LogP) is 2.62. The average Bonchev–Trinajstić information content (AvgIpc) is 2.81. The number of benzene rings is 1. The Bertz CT molecular complexity index is 675. The number of nitrogens with two attached hydrogens (primary N) is 1. The third kappa shape index (κ3) is 2.69. The highest BCUT2D eigenvalue weighted by Gasteiger charge is 2.34. The monoisotopic (exact) mass is 296 g/mol. The van der Waals surface area contributed by atoms with Crippen LogP contribution in [0.4, 0.5) is 24.9 Å². The van der Waals surface area contributed by atoms with Crippen molar-refractivity contribution in [2.75, 3.05) is 17.7 Å². The number of nitrogens with zero attached hydrogens (tertiary/aromatic N) is 2. The SMILES string of the molecule is Nc1nc(NC2COc3ccccc32)cc(C(F)(F)F)n1. The molecule has 0 bridgehead atoms. The number of nitrogen functional groups attached to an aromatic ring is 1. The van der Waals surface area contributed by atoms with Crippen LogP contribution in [0.3, 0.4) is 0 Å². The van der Waals surface area contributed by atoms with Crippen LogP contribution in [0.2, 0.25) is 0 Å². The van der Waals surface area contributed by atoms with E-state index in [1.54, 1.807) is 6.07 Å². The number of hydrogen-bond acceptors (Lipinski definition) is 5. The number of halogens is 3. The first-order valence-corrected chi connectivity index (χ1v) is 6.13. The van der Waals surface area contributed by atoms with E-state index in [9.17, 15) is 13.2 Å². The van der Waals surface area contributed by atoms with E-state index in [2.05, 4.69) is 15.3 Å². The summed E-state index contributed by atoms with van der Waals surface area (Å²) in [6, 6.07) is 7.85. The molecule has 1 aromatic carbocycles. The van der Waals surface area contributed by atoms with Crippen LogP contribution in [0.1, 0.15) is 17.3 Å². The molecule has 1 unspecified atom stereocenters. The Morgan fingerprint density at radius 2 is 2.00 bits per heavy atom. The van der Waals surface area contributed by atoms with Crippen LogP contribution >= 0.6 is 0 Å². The molecule has 2 heterocycles. The van der Waals surface area contributed by atoms with E-state index in [-0.39, 0.29) is 11.9 Å². The lowest BCUT2D eigenvalue weighted by Crippen LogP contribution is -2.16. The molecule has 1 aliphatic heterocycles. The molecule has 0 radical (unpaired) electrons. The second kappa shape index (κ2) is 4.80. The van der Waals surface area contributed by atoms with E-state index < -0.39 is 17.8 Å². The summed E-state index contributed by atoms with van der Waals surface area (Å²) in [7, 11) is 0. The van der Waals surface area contributed by atoms with Crippen molar-refractivity contribution in [3.63, 3.8) is 0 Å². The highest BCUT2D eigenvalue weighted by Crippen LogP contribution is 2.35. The number of aromatic nitrogens is 2. The zero-order valence-electron chi connectivity index (χ0n) is 10.7. The first-order valence-electron chi connectivity index (χ1n) is 6.13. The van der Waals surface area contributed by atoms with Crippen LogP contribution in [0, 0.1) is 0 Å². The summed E-state index contributed by atoms with van der Waals surface area (Å²) in [6.07, 6.45) is -4.57. The number of fused-ring (bicyclic) bond motifs is 1. The number of ether oxygens (including phenoxy) is 1. The number of hydrogen-bond donors (Lipinski definition) is 2. The molecular weight excluding hydrogens is 285 g/mol. The molecular formula is C13H11F3N4O. The van der Waals surface area contributed by atoms with Crippen LogP contribution in [0.25, 0.3) is 0 Å². The third-order valence-electron chi connectivity index (χ3n) is 3.06. The minimum Gasteiger partial charge on any atom is -0.491 e. The zero-order valence-corrected chi connectivity index (χ0v) is 10.7. The summed E-state index contributed by atoms with van der Waals surface area (Å²) >= 11 is 0. The molecule has 0 amide bonds. The summed E-state index contributed by atoms with van der Waals surface area (Å²) in [6.45, 7) is 0.310. The van der Waals surface area contributed by atoms with Crippen molar-refractivity contribution in [1.29, 1.82) is 0 Å². The second-order valence-corrected chi connectivity index (χ2v) is 4.54. The summed E-state index contributed by atoms with van der Waals surface area (Å²) < 4.78 is 43.6. The zero-order chi connectivity index (χ0) is 15.0. The number of rotatable bonds is 2. The molecule has 110 valence electrons. The van der Waals surface area contributed by atoms with Gasteiger partial charge in [0.2, 0.25) is 5.95 Å². The minimum atomic E-state index is -4.57. The lowest BCUT2D eigenvalue weighted by Gasteiger charge is -2.14. The van der Waals surface area contributed by atoms with Crippen LogP contribution in [0.5, 0.6) is 5.75 Å². The third-order valence-corrected chi connectivity index (χ3v) is 3.06. The molecule has 3 rings (SSSR count). The van der Waals surface area contributed by atoms with Crippen molar-refractivity contribution in [1.82, 2.24) is 9.97 Å². The Balaban J connectivity index is 1.88. The Morgan fingerprint density at radius 1 is 1.24 bits per heavy atom. The molecule has 0 saturated carbocycles. The van der Waals surface area contributed by atoms with Gasteiger partial charge < -0.3 is 15.8 Å². The smallest absolute Gasteiger partial charge is 0.433 e. The van der Waals surface area contributed by atoms with E-state index in [1.165, 1.54) is 0 Å². The predicted molar refractivity (Wildman–Crippen MR) is 69.7 cm³/mol. The molecule has 0 fully saturated rings. The molecule has 0 spiro atoms. The maximum absolute atomic E-state index is 12.7.